The molecule has 112 valence electrons. The van der Waals surface area contributed by atoms with Crippen LogP contribution in [0.15, 0.2) is 5.38 Å². The summed E-state index contributed by atoms with van der Waals surface area (Å²) in [5.41, 5.74) is -0.982. The zero-order valence-electron chi connectivity index (χ0n) is 11.1. The summed E-state index contributed by atoms with van der Waals surface area (Å²) in [6, 6.07) is -0.399. The van der Waals surface area contributed by atoms with E-state index >= 15 is 0 Å². The van der Waals surface area contributed by atoms with E-state index in [1.54, 1.807) is 4.90 Å². The molecule has 0 unspecified atom stereocenters. The van der Waals surface area contributed by atoms with Gasteiger partial charge >= 0.3 is 12.2 Å². The maximum Gasteiger partial charge on any atom is 0.434 e. The van der Waals surface area contributed by atoms with Crippen LogP contribution >= 0.6 is 11.3 Å². The van der Waals surface area contributed by atoms with E-state index in [9.17, 15) is 18.0 Å². The quantitative estimate of drug-likeness (QED) is 0.866. The van der Waals surface area contributed by atoms with Crippen molar-refractivity contribution in [2.45, 2.75) is 19.1 Å². The normalized spacial score (nSPS) is 21.1. The van der Waals surface area contributed by atoms with Gasteiger partial charge in [0.2, 0.25) is 0 Å². The molecule has 2 rings (SSSR count). The molecule has 1 aromatic heterocycles. The van der Waals surface area contributed by atoms with Gasteiger partial charge in [0.25, 0.3) is 0 Å². The lowest BCUT2D eigenvalue weighted by Crippen LogP contribution is -2.53. The number of hydrogen-bond donors (Lipinski definition) is 1. The predicted molar refractivity (Wildman–Crippen MR) is 69.8 cm³/mol. The van der Waals surface area contributed by atoms with E-state index in [1.807, 2.05) is 14.0 Å². The third kappa shape index (κ3) is 3.40. The second-order valence-corrected chi connectivity index (χ2v) is 5.63. The number of nitrogens with zero attached hydrogens (tertiary/aromatic N) is 3. The molecule has 0 aromatic carbocycles. The van der Waals surface area contributed by atoms with Crippen molar-refractivity contribution in [3.05, 3.63) is 11.1 Å². The Morgan fingerprint density at radius 1 is 1.50 bits per heavy atom. The van der Waals surface area contributed by atoms with Crippen molar-refractivity contribution in [3.8, 4) is 0 Å². The molecule has 9 heteroatoms. The lowest BCUT2D eigenvalue weighted by Gasteiger charge is -2.37. The molecule has 1 N–H and O–H groups in total. The van der Waals surface area contributed by atoms with Crippen LogP contribution in [0.4, 0.5) is 23.1 Å². The molecule has 0 bridgehead atoms. The van der Waals surface area contributed by atoms with Gasteiger partial charge in [-0.1, -0.05) is 0 Å². The van der Waals surface area contributed by atoms with Crippen LogP contribution in [-0.2, 0) is 6.18 Å². The highest BCUT2D eigenvalue weighted by molar-refractivity contribution is 7.13. The van der Waals surface area contributed by atoms with E-state index in [0.717, 1.165) is 29.8 Å². The molecule has 2 amide bonds. The third-order valence-electron chi connectivity index (χ3n) is 3.10. The van der Waals surface area contributed by atoms with Gasteiger partial charge in [-0.2, -0.15) is 13.2 Å². The molecule has 1 fully saturated rings. The van der Waals surface area contributed by atoms with Gasteiger partial charge in [0.05, 0.1) is 0 Å². The third-order valence-corrected chi connectivity index (χ3v) is 3.86. The monoisotopic (exact) mass is 308 g/mol. The number of carbonyl (C=O) groups excluding carboxylic acids is 1. The van der Waals surface area contributed by atoms with E-state index in [0.29, 0.717) is 6.54 Å². The second kappa shape index (κ2) is 5.57. The zero-order chi connectivity index (χ0) is 14.9. The van der Waals surface area contributed by atoms with Gasteiger partial charge in [-0.3, -0.25) is 5.32 Å². The number of aromatic nitrogens is 1. The standard InChI is InChI=1S/C11H15F3N4OS/c1-7-5-17(2)3-4-18(7)10(19)16-9-15-8(6-20-9)11(12,13)14/h6-7H,3-5H2,1-2H3,(H,15,16,19)/t7-/m1/s1. The first kappa shape index (κ1) is 15.0. The van der Waals surface area contributed by atoms with Gasteiger partial charge in [0.1, 0.15) is 0 Å². The largest absolute Gasteiger partial charge is 0.434 e. The number of piperazine rings is 1. The predicted octanol–water partition coefficient (Wildman–Crippen LogP) is 2.33. The van der Waals surface area contributed by atoms with Gasteiger partial charge in [0.15, 0.2) is 10.8 Å². The number of rotatable bonds is 1. The van der Waals surface area contributed by atoms with Crippen LogP contribution in [0.5, 0.6) is 0 Å². The second-order valence-electron chi connectivity index (χ2n) is 4.77. The molecule has 1 atom stereocenters. The minimum absolute atomic E-state index is 0.01000. The highest BCUT2D eigenvalue weighted by Gasteiger charge is 2.34. The molecule has 1 saturated heterocycles. The zero-order valence-corrected chi connectivity index (χ0v) is 11.9. The number of carbonyl (C=O) groups is 1. The van der Waals surface area contributed by atoms with Crippen LogP contribution < -0.4 is 5.32 Å². The summed E-state index contributed by atoms with van der Waals surface area (Å²) in [6.45, 7) is 3.92. The average Bonchev–Trinajstić information content (AvgIpc) is 2.76. The van der Waals surface area contributed by atoms with Crippen LogP contribution in [0, 0.1) is 0 Å². The minimum Gasteiger partial charge on any atom is -0.319 e. The SMILES string of the molecule is C[C@@H]1CN(C)CCN1C(=O)Nc1nc(C(F)(F)F)cs1. The number of amides is 2. The van der Waals surface area contributed by atoms with Crippen LogP contribution in [0.25, 0.3) is 0 Å². The Balaban J connectivity index is 1.99. The Kier molecular flexibility index (Phi) is 4.19. The van der Waals surface area contributed by atoms with E-state index in [1.165, 1.54) is 0 Å². The molecule has 5 nitrogen and oxygen atoms in total. The van der Waals surface area contributed by atoms with E-state index in [2.05, 4.69) is 15.2 Å². The molecule has 1 aromatic rings. The summed E-state index contributed by atoms with van der Waals surface area (Å²) >= 11 is 0.770. The fraction of sp³-hybridized carbons (Fsp3) is 0.636. The van der Waals surface area contributed by atoms with Crippen LogP contribution in [0.2, 0.25) is 0 Å². The number of urea groups is 1. The van der Waals surface area contributed by atoms with Crippen molar-refractivity contribution >= 4 is 22.5 Å². The van der Waals surface area contributed by atoms with Crippen molar-refractivity contribution in [3.63, 3.8) is 0 Å². The molecule has 0 aliphatic carbocycles. The smallest absolute Gasteiger partial charge is 0.319 e. The van der Waals surface area contributed by atoms with Gasteiger partial charge in [0, 0.05) is 31.1 Å². The molecule has 0 saturated carbocycles. The van der Waals surface area contributed by atoms with Gasteiger partial charge in [-0.05, 0) is 14.0 Å². The molecule has 1 aliphatic heterocycles. The van der Waals surface area contributed by atoms with Gasteiger partial charge < -0.3 is 9.80 Å². The molecule has 20 heavy (non-hydrogen) atoms. The fourth-order valence-electron chi connectivity index (χ4n) is 2.07. The van der Waals surface area contributed by atoms with Crippen molar-refractivity contribution in [2.24, 2.45) is 0 Å². The summed E-state index contributed by atoms with van der Waals surface area (Å²) in [7, 11) is 1.96. The number of likely N-dealkylation sites (N-methyl/N-ethyl adjacent to an activating group) is 1. The summed E-state index contributed by atoms with van der Waals surface area (Å²) in [5, 5.41) is 3.28. The summed E-state index contributed by atoms with van der Waals surface area (Å²) in [6.07, 6.45) is -4.49. The van der Waals surface area contributed by atoms with Crippen LogP contribution in [0.3, 0.4) is 0 Å². The lowest BCUT2D eigenvalue weighted by atomic mass is 10.2. The molecule has 0 spiro atoms. The average molecular weight is 308 g/mol. The molecule has 1 aliphatic rings. The van der Waals surface area contributed by atoms with Crippen molar-refractivity contribution in [1.29, 1.82) is 0 Å². The number of nitrogens with one attached hydrogen (secondary N) is 1. The fourth-order valence-corrected chi connectivity index (χ4v) is 2.77. The summed E-state index contributed by atoms with van der Waals surface area (Å²) < 4.78 is 37.2. The number of alkyl halides is 3. The van der Waals surface area contributed by atoms with Gasteiger partial charge in [-0.15, -0.1) is 11.3 Å². The lowest BCUT2D eigenvalue weighted by molar-refractivity contribution is -0.140. The first-order chi connectivity index (χ1) is 9.27. The Bertz CT molecular complexity index is 490. The highest BCUT2D eigenvalue weighted by atomic mass is 32.1. The summed E-state index contributed by atoms with van der Waals surface area (Å²) in [4.78, 5) is 19.1. The van der Waals surface area contributed by atoms with E-state index in [4.69, 9.17) is 0 Å². The number of thiazole rings is 1. The number of anilines is 1. The molecular formula is C11H15F3N4OS. The molecule has 0 radical (unpaired) electrons. The summed E-state index contributed by atoms with van der Waals surface area (Å²) in [5.74, 6) is 0. The van der Waals surface area contributed by atoms with E-state index < -0.39 is 17.9 Å². The minimum atomic E-state index is -4.49. The first-order valence-electron chi connectivity index (χ1n) is 6.06. The Labute approximate surface area is 118 Å². The Morgan fingerprint density at radius 2 is 2.20 bits per heavy atom. The Hall–Kier alpha value is -1.35. The Morgan fingerprint density at radius 3 is 2.75 bits per heavy atom. The first-order valence-corrected chi connectivity index (χ1v) is 6.94. The van der Waals surface area contributed by atoms with Crippen molar-refractivity contribution in [2.75, 3.05) is 32.0 Å². The van der Waals surface area contributed by atoms with E-state index in [-0.39, 0.29) is 11.2 Å². The van der Waals surface area contributed by atoms with Gasteiger partial charge in [-0.25, -0.2) is 9.78 Å². The van der Waals surface area contributed by atoms with Crippen LogP contribution in [-0.4, -0.2) is 53.5 Å². The maximum absolute atomic E-state index is 12.4. The molecular weight excluding hydrogens is 293 g/mol. The number of hydrogen-bond acceptors (Lipinski definition) is 4. The van der Waals surface area contributed by atoms with Crippen molar-refractivity contribution < 1.29 is 18.0 Å². The molecule has 2 heterocycles. The van der Waals surface area contributed by atoms with Crippen molar-refractivity contribution in [1.82, 2.24) is 14.8 Å². The van der Waals surface area contributed by atoms with Crippen LogP contribution in [0.1, 0.15) is 12.6 Å². The number of halogens is 3. The highest BCUT2D eigenvalue weighted by Crippen LogP contribution is 2.31. The maximum atomic E-state index is 12.4. The topological polar surface area (TPSA) is 48.5 Å².